The summed E-state index contributed by atoms with van der Waals surface area (Å²) in [6.45, 7) is 0.466. The summed E-state index contributed by atoms with van der Waals surface area (Å²) < 4.78 is 0. The molecule has 4 nitrogen and oxygen atoms in total. The molecule has 1 heterocycles. The van der Waals surface area contributed by atoms with Gasteiger partial charge in [-0.15, -0.1) is 0 Å². The number of aryl methyl sites for hydroxylation is 1. The number of nitrogens with one attached hydrogen (secondary N) is 1. The van der Waals surface area contributed by atoms with Gasteiger partial charge in [-0.25, -0.2) is 0 Å². The first-order valence-electron chi connectivity index (χ1n) is 9.03. The third kappa shape index (κ3) is 5.89. The molecule has 3 rings (SSSR count). The fourth-order valence-electron chi connectivity index (χ4n) is 2.82. The smallest absolute Gasteiger partial charge is 0.251 e. The van der Waals surface area contributed by atoms with Crippen molar-refractivity contribution >= 4 is 11.7 Å². The van der Waals surface area contributed by atoms with E-state index in [1.165, 1.54) is 0 Å². The van der Waals surface area contributed by atoms with E-state index in [-0.39, 0.29) is 18.1 Å². The number of Topliss-reactive ketones (excluding diaryl/α,β-unsaturated/α-hetero) is 1. The number of carbonyl (C=O) groups excluding carboxylic acids is 2. The lowest BCUT2D eigenvalue weighted by Crippen LogP contribution is -2.23. The zero-order valence-electron chi connectivity index (χ0n) is 15.1. The minimum atomic E-state index is -0.167. The van der Waals surface area contributed by atoms with Crippen LogP contribution in [0.5, 0.6) is 0 Å². The highest BCUT2D eigenvalue weighted by Gasteiger charge is 2.10. The van der Waals surface area contributed by atoms with E-state index in [2.05, 4.69) is 10.3 Å². The summed E-state index contributed by atoms with van der Waals surface area (Å²) in [5, 5.41) is 2.89. The van der Waals surface area contributed by atoms with Gasteiger partial charge in [-0.3, -0.25) is 14.6 Å². The number of benzene rings is 2. The number of pyridine rings is 1. The molecule has 0 radical (unpaired) electrons. The maximum absolute atomic E-state index is 12.3. The van der Waals surface area contributed by atoms with E-state index in [9.17, 15) is 9.59 Å². The molecule has 1 amide bonds. The number of aromatic nitrogens is 1. The molecule has 0 aliphatic carbocycles. The maximum Gasteiger partial charge on any atom is 0.251 e. The lowest BCUT2D eigenvalue weighted by atomic mass is 10.0. The van der Waals surface area contributed by atoms with Crippen LogP contribution in [0.1, 0.15) is 33.6 Å². The van der Waals surface area contributed by atoms with E-state index in [0.717, 1.165) is 17.5 Å². The molecule has 0 spiro atoms. The first kappa shape index (κ1) is 18.5. The number of hydrogen-bond donors (Lipinski definition) is 1. The Bertz CT molecular complexity index is 893. The number of rotatable bonds is 8. The first-order chi connectivity index (χ1) is 13.2. The molecule has 1 aromatic heterocycles. The van der Waals surface area contributed by atoms with E-state index in [1.54, 1.807) is 18.3 Å². The van der Waals surface area contributed by atoms with Gasteiger partial charge < -0.3 is 5.32 Å². The fraction of sp³-hybridized carbons (Fsp3) is 0.174. The van der Waals surface area contributed by atoms with E-state index in [1.807, 2.05) is 60.7 Å². The summed E-state index contributed by atoms with van der Waals surface area (Å²) in [7, 11) is 0. The predicted octanol–water partition coefficient (Wildman–Crippen LogP) is 3.76. The second kappa shape index (κ2) is 9.43. The number of hydrogen-bond acceptors (Lipinski definition) is 3. The Morgan fingerprint density at radius 1 is 0.852 bits per heavy atom. The molecule has 136 valence electrons. The van der Waals surface area contributed by atoms with Gasteiger partial charge >= 0.3 is 0 Å². The van der Waals surface area contributed by atoms with E-state index in [4.69, 9.17) is 0 Å². The molecule has 0 atom stereocenters. The minimum absolute atomic E-state index is 0.119. The Morgan fingerprint density at radius 2 is 1.52 bits per heavy atom. The largest absolute Gasteiger partial charge is 0.348 e. The van der Waals surface area contributed by atoms with Gasteiger partial charge in [0.25, 0.3) is 5.91 Å². The average molecular weight is 358 g/mol. The van der Waals surface area contributed by atoms with Crippen LogP contribution >= 0.6 is 0 Å². The van der Waals surface area contributed by atoms with Crippen LogP contribution in [-0.2, 0) is 24.2 Å². The lowest BCUT2D eigenvalue weighted by Gasteiger charge is -2.07. The third-order valence-corrected chi connectivity index (χ3v) is 4.29. The Labute approximate surface area is 159 Å². The number of carbonyl (C=O) groups is 2. The molecule has 0 saturated carbocycles. The molecule has 0 aliphatic heterocycles. The minimum Gasteiger partial charge on any atom is -0.348 e. The van der Waals surface area contributed by atoms with Crippen molar-refractivity contribution in [2.45, 2.75) is 25.8 Å². The molecule has 0 bridgehead atoms. The van der Waals surface area contributed by atoms with Crippen LogP contribution in [0.25, 0.3) is 0 Å². The molecule has 1 N–H and O–H groups in total. The number of amides is 1. The first-order valence-corrected chi connectivity index (χ1v) is 9.03. The summed E-state index contributed by atoms with van der Waals surface area (Å²) in [6.07, 6.45) is 3.01. The summed E-state index contributed by atoms with van der Waals surface area (Å²) in [4.78, 5) is 28.8. The quantitative estimate of drug-likeness (QED) is 0.667. The van der Waals surface area contributed by atoms with Crippen molar-refractivity contribution in [1.82, 2.24) is 10.3 Å². The van der Waals surface area contributed by atoms with Crippen LogP contribution in [-0.4, -0.2) is 16.7 Å². The predicted molar refractivity (Wildman–Crippen MR) is 105 cm³/mol. The normalized spacial score (nSPS) is 10.4. The van der Waals surface area contributed by atoms with Gasteiger partial charge in [0.15, 0.2) is 0 Å². The monoisotopic (exact) mass is 358 g/mol. The van der Waals surface area contributed by atoms with Gasteiger partial charge in [-0.05, 0) is 29.7 Å². The van der Waals surface area contributed by atoms with Crippen LogP contribution in [0.4, 0.5) is 0 Å². The fourth-order valence-corrected chi connectivity index (χ4v) is 2.82. The van der Waals surface area contributed by atoms with Crippen molar-refractivity contribution in [2.24, 2.45) is 0 Å². The number of ketones is 1. The molecule has 3 aromatic rings. The molecule has 0 unspecified atom stereocenters. The van der Waals surface area contributed by atoms with Crippen molar-refractivity contribution < 1.29 is 9.59 Å². The maximum atomic E-state index is 12.3. The second-order valence-corrected chi connectivity index (χ2v) is 6.41. The lowest BCUT2D eigenvalue weighted by molar-refractivity contribution is -0.118. The summed E-state index contributed by atoms with van der Waals surface area (Å²) in [5.74, 6) is -0.0487. The van der Waals surface area contributed by atoms with Crippen molar-refractivity contribution in [2.75, 3.05) is 0 Å². The van der Waals surface area contributed by atoms with Crippen LogP contribution in [0.3, 0.4) is 0 Å². The van der Waals surface area contributed by atoms with E-state index >= 15 is 0 Å². The highest BCUT2D eigenvalue weighted by atomic mass is 16.1. The molecule has 0 aliphatic rings. The molecule has 4 heteroatoms. The van der Waals surface area contributed by atoms with Crippen LogP contribution in [0.15, 0.2) is 79.0 Å². The second-order valence-electron chi connectivity index (χ2n) is 6.41. The molecule has 2 aromatic carbocycles. The Morgan fingerprint density at radius 3 is 2.22 bits per heavy atom. The van der Waals surface area contributed by atoms with Gasteiger partial charge in [0, 0.05) is 36.8 Å². The van der Waals surface area contributed by atoms with Crippen LogP contribution in [0.2, 0.25) is 0 Å². The van der Waals surface area contributed by atoms with Crippen LogP contribution < -0.4 is 5.32 Å². The van der Waals surface area contributed by atoms with Crippen LogP contribution in [0, 0.1) is 0 Å². The Hall–Kier alpha value is -3.27. The standard InChI is InChI=1S/C23H22N2O2/c26-22(12-11-18-7-3-1-4-8-18)16-21-15-20(13-14-24-21)23(27)25-17-19-9-5-2-6-10-19/h1-10,13-15H,11-12,16-17H2,(H,25,27). The van der Waals surface area contributed by atoms with Gasteiger partial charge in [0.1, 0.15) is 5.78 Å². The zero-order chi connectivity index (χ0) is 18.9. The van der Waals surface area contributed by atoms with Gasteiger partial charge in [-0.1, -0.05) is 60.7 Å². The molecular formula is C23H22N2O2. The van der Waals surface area contributed by atoms with E-state index < -0.39 is 0 Å². The van der Waals surface area contributed by atoms with Gasteiger partial charge in [0.05, 0.1) is 0 Å². The number of nitrogens with zero attached hydrogens (tertiary/aromatic N) is 1. The zero-order valence-corrected chi connectivity index (χ0v) is 15.1. The Balaban J connectivity index is 1.53. The van der Waals surface area contributed by atoms with Crippen molar-refractivity contribution in [3.05, 3.63) is 101 Å². The third-order valence-electron chi connectivity index (χ3n) is 4.29. The molecule has 0 saturated heterocycles. The highest BCUT2D eigenvalue weighted by Crippen LogP contribution is 2.08. The summed E-state index contributed by atoms with van der Waals surface area (Å²) in [6, 6.07) is 23.0. The van der Waals surface area contributed by atoms with Crippen molar-refractivity contribution in [3.8, 4) is 0 Å². The van der Waals surface area contributed by atoms with Crippen molar-refractivity contribution in [1.29, 1.82) is 0 Å². The summed E-state index contributed by atoms with van der Waals surface area (Å²) >= 11 is 0. The molecule has 0 fully saturated rings. The van der Waals surface area contributed by atoms with Gasteiger partial charge in [0.2, 0.25) is 0 Å². The van der Waals surface area contributed by atoms with Gasteiger partial charge in [-0.2, -0.15) is 0 Å². The molecular weight excluding hydrogens is 336 g/mol. The molecule has 27 heavy (non-hydrogen) atoms. The topological polar surface area (TPSA) is 59.1 Å². The van der Waals surface area contributed by atoms with E-state index in [0.29, 0.717) is 24.2 Å². The van der Waals surface area contributed by atoms with Crippen molar-refractivity contribution in [3.63, 3.8) is 0 Å². The highest BCUT2D eigenvalue weighted by molar-refractivity contribution is 5.94. The summed E-state index contributed by atoms with van der Waals surface area (Å²) in [5.41, 5.74) is 3.33. The average Bonchev–Trinajstić information content (AvgIpc) is 2.72. The Kier molecular flexibility index (Phi) is 6.47. The SMILES string of the molecule is O=C(CCc1ccccc1)Cc1cc(C(=O)NCc2ccccc2)ccn1.